The summed E-state index contributed by atoms with van der Waals surface area (Å²) in [5.74, 6) is -1.25. The quantitative estimate of drug-likeness (QED) is 0.420. The van der Waals surface area contributed by atoms with Crippen LogP contribution in [0, 0.1) is 0 Å². The number of thiophene rings is 1. The number of thioether (sulfide) groups is 1. The molecular weight excluding hydrogens is 481 g/mol. The van der Waals surface area contributed by atoms with E-state index in [0.29, 0.717) is 12.2 Å². The van der Waals surface area contributed by atoms with Gasteiger partial charge in [-0.3, -0.25) is 19.7 Å². The Balaban J connectivity index is 1.41. The molecule has 1 aromatic carbocycles. The first-order valence-electron chi connectivity index (χ1n) is 9.78. The number of carbonyl (C=O) groups excluding carboxylic acids is 3. The van der Waals surface area contributed by atoms with Crippen molar-refractivity contribution < 1.29 is 32.3 Å². The molecule has 8 nitrogen and oxygen atoms in total. The zero-order chi connectivity index (χ0) is 23.8. The van der Waals surface area contributed by atoms with Crippen LogP contribution in [-0.2, 0) is 20.9 Å². The molecule has 2 aromatic rings. The lowest BCUT2D eigenvalue weighted by atomic mass is 10.1. The van der Waals surface area contributed by atoms with Gasteiger partial charge in [0, 0.05) is 29.4 Å². The Morgan fingerprint density at radius 1 is 1.18 bits per heavy atom. The van der Waals surface area contributed by atoms with E-state index in [1.165, 1.54) is 23.5 Å². The maximum Gasteiger partial charge on any atom is 0.573 e. The average Bonchev–Trinajstić information content (AvgIpc) is 3.24. The molecule has 1 fully saturated rings. The second kappa shape index (κ2) is 11.4. The first kappa shape index (κ1) is 24.9. The SMILES string of the molecule is O=C(CC1CC(=O)NC(SCC(=O)Nc2ccc(OC(F)(F)F)cc2)N1)NCc1cccs1. The number of nitrogens with one attached hydrogen (secondary N) is 4. The molecule has 1 saturated heterocycles. The highest BCUT2D eigenvalue weighted by Gasteiger charge is 2.31. The van der Waals surface area contributed by atoms with Crippen molar-refractivity contribution in [2.75, 3.05) is 11.1 Å². The summed E-state index contributed by atoms with van der Waals surface area (Å²) in [6.45, 7) is 0.428. The minimum absolute atomic E-state index is 0.0317. The molecule has 0 aliphatic carbocycles. The lowest BCUT2D eigenvalue weighted by Gasteiger charge is -2.30. The van der Waals surface area contributed by atoms with Crippen LogP contribution in [-0.4, -0.2) is 41.4 Å². The molecule has 1 aliphatic rings. The number of carbonyl (C=O) groups is 3. The van der Waals surface area contributed by atoms with Crippen LogP contribution < -0.4 is 26.0 Å². The molecule has 3 rings (SSSR count). The Labute approximate surface area is 195 Å². The van der Waals surface area contributed by atoms with Gasteiger partial charge in [-0.2, -0.15) is 0 Å². The van der Waals surface area contributed by atoms with Crippen LogP contribution in [0.15, 0.2) is 41.8 Å². The summed E-state index contributed by atoms with van der Waals surface area (Å²) in [5, 5.41) is 13.1. The highest BCUT2D eigenvalue weighted by molar-refractivity contribution is 8.00. The Kier molecular flexibility index (Phi) is 8.58. The summed E-state index contributed by atoms with van der Waals surface area (Å²) in [7, 11) is 0. The second-order valence-electron chi connectivity index (χ2n) is 7.01. The van der Waals surface area contributed by atoms with Gasteiger partial charge in [0.25, 0.3) is 0 Å². The van der Waals surface area contributed by atoms with E-state index in [1.54, 1.807) is 0 Å². The maximum atomic E-state index is 12.2. The van der Waals surface area contributed by atoms with Gasteiger partial charge in [-0.1, -0.05) is 6.07 Å². The first-order valence-corrected chi connectivity index (χ1v) is 11.7. The zero-order valence-electron chi connectivity index (χ0n) is 17.1. The number of amides is 3. The number of rotatable bonds is 9. The molecule has 3 amide bonds. The number of benzene rings is 1. The van der Waals surface area contributed by atoms with Gasteiger partial charge in [0.15, 0.2) is 0 Å². The van der Waals surface area contributed by atoms with Gasteiger partial charge in [0.2, 0.25) is 17.7 Å². The van der Waals surface area contributed by atoms with E-state index in [0.717, 1.165) is 28.8 Å². The minimum Gasteiger partial charge on any atom is -0.406 e. The van der Waals surface area contributed by atoms with E-state index >= 15 is 0 Å². The van der Waals surface area contributed by atoms with Gasteiger partial charge in [-0.25, -0.2) is 0 Å². The van der Waals surface area contributed by atoms with Gasteiger partial charge >= 0.3 is 6.36 Å². The number of halogens is 3. The molecule has 0 radical (unpaired) electrons. The number of hydrogen-bond acceptors (Lipinski definition) is 7. The molecule has 2 unspecified atom stereocenters. The van der Waals surface area contributed by atoms with Crippen LogP contribution in [0.2, 0.25) is 0 Å². The molecule has 1 aromatic heterocycles. The molecule has 1 aliphatic heterocycles. The molecule has 2 atom stereocenters. The number of anilines is 1. The second-order valence-corrected chi connectivity index (χ2v) is 9.13. The fourth-order valence-corrected chi connectivity index (χ4v) is 4.49. The van der Waals surface area contributed by atoms with Crippen molar-refractivity contribution >= 4 is 46.5 Å². The molecule has 0 saturated carbocycles. The lowest BCUT2D eigenvalue weighted by molar-refractivity contribution is -0.274. The minimum atomic E-state index is -4.79. The third kappa shape index (κ3) is 8.94. The Morgan fingerprint density at radius 2 is 1.94 bits per heavy atom. The molecule has 4 N–H and O–H groups in total. The van der Waals surface area contributed by atoms with Gasteiger partial charge in [0.1, 0.15) is 11.2 Å². The van der Waals surface area contributed by atoms with Crippen molar-refractivity contribution in [1.29, 1.82) is 0 Å². The van der Waals surface area contributed by atoms with Gasteiger partial charge in [-0.15, -0.1) is 36.3 Å². The zero-order valence-corrected chi connectivity index (χ0v) is 18.7. The standard InChI is InChI=1S/C20H21F3N4O4S2/c21-20(22,23)31-14-5-3-12(4-6-14)25-18(30)11-33-19-26-13(9-17(29)27-19)8-16(28)24-10-15-2-1-7-32-15/h1-7,13,19,26H,8-11H2,(H,24,28)(H,25,30)(H,27,29). The predicted octanol–water partition coefficient (Wildman–Crippen LogP) is 2.79. The van der Waals surface area contributed by atoms with Gasteiger partial charge in [0.05, 0.1) is 12.3 Å². The van der Waals surface area contributed by atoms with Crippen LogP contribution in [0.5, 0.6) is 5.75 Å². The Morgan fingerprint density at radius 3 is 2.61 bits per heavy atom. The largest absolute Gasteiger partial charge is 0.573 e. The fourth-order valence-electron chi connectivity index (χ4n) is 2.96. The number of alkyl halides is 3. The first-order chi connectivity index (χ1) is 15.7. The van der Waals surface area contributed by atoms with Gasteiger partial charge in [-0.05, 0) is 35.7 Å². The summed E-state index contributed by atoms with van der Waals surface area (Å²) in [5.41, 5.74) is -0.259. The maximum absolute atomic E-state index is 12.2. The van der Waals surface area contributed by atoms with Crippen molar-refractivity contribution in [1.82, 2.24) is 16.0 Å². The van der Waals surface area contributed by atoms with E-state index in [9.17, 15) is 27.6 Å². The Bertz CT molecular complexity index is 955. The summed E-state index contributed by atoms with van der Waals surface area (Å²) in [6, 6.07) is 8.20. The lowest BCUT2D eigenvalue weighted by Crippen LogP contribution is -2.56. The van der Waals surface area contributed by atoms with Crippen LogP contribution in [0.1, 0.15) is 17.7 Å². The van der Waals surface area contributed by atoms with Crippen LogP contribution >= 0.6 is 23.1 Å². The summed E-state index contributed by atoms with van der Waals surface area (Å²) >= 11 is 2.66. The normalized spacial score (nSPS) is 18.3. The molecule has 33 heavy (non-hydrogen) atoms. The predicted molar refractivity (Wildman–Crippen MR) is 118 cm³/mol. The number of ether oxygens (including phenoxy) is 1. The highest BCUT2D eigenvalue weighted by Crippen LogP contribution is 2.24. The van der Waals surface area contributed by atoms with Crippen LogP contribution in [0.25, 0.3) is 0 Å². The average molecular weight is 503 g/mol. The summed E-state index contributed by atoms with van der Waals surface area (Å²) in [6.07, 6.45) is -4.53. The fraction of sp³-hybridized carbons (Fsp3) is 0.350. The van der Waals surface area contributed by atoms with Crippen LogP contribution in [0.4, 0.5) is 18.9 Å². The molecule has 13 heteroatoms. The van der Waals surface area contributed by atoms with Crippen molar-refractivity contribution in [3.8, 4) is 5.75 Å². The summed E-state index contributed by atoms with van der Waals surface area (Å²) in [4.78, 5) is 37.3. The van der Waals surface area contributed by atoms with Crippen LogP contribution in [0.3, 0.4) is 0 Å². The van der Waals surface area contributed by atoms with E-state index in [-0.39, 0.29) is 36.5 Å². The van der Waals surface area contributed by atoms with E-state index in [1.807, 2.05) is 17.5 Å². The smallest absolute Gasteiger partial charge is 0.406 e. The van der Waals surface area contributed by atoms with E-state index in [4.69, 9.17) is 0 Å². The monoisotopic (exact) mass is 502 g/mol. The summed E-state index contributed by atoms with van der Waals surface area (Å²) < 4.78 is 40.4. The third-order valence-corrected chi connectivity index (χ3v) is 6.23. The molecule has 178 valence electrons. The number of hydrogen-bond donors (Lipinski definition) is 4. The van der Waals surface area contributed by atoms with E-state index in [2.05, 4.69) is 26.0 Å². The molecule has 0 spiro atoms. The highest BCUT2D eigenvalue weighted by atomic mass is 32.2. The van der Waals surface area contributed by atoms with Crippen molar-refractivity contribution in [3.05, 3.63) is 46.7 Å². The molecular formula is C20H21F3N4O4S2. The van der Waals surface area contributed by atoms with E-state index < -0.39 is 23.5 Å². The van der Waals surface area contributed by atoms with Crippen molar-refractivity contribution in [3.63, 3.8) is 0 Å². The third-order valence-electron chi connectivity index (χ3n) is 4.34. The molecule has 2 heterocycles. The van der Waals surface area contributed by atoms with Crippen molar-refractivity contribution in [2.24, 2.45) is 0 Å². The Hall–Kier alpha value is -2.77. The van der Waals surface area contributed by atoms with Crippen molar-refractivity contribution in [2.45, 2.75) is 37.3 Å². The van der Waals surface area contributed by atoms with Gasteiger partial charge < -0.3 is 20.7 Å². The molecule has 0 bridgehead atoms. The topological polar surface area (TPSA) is 109 Å².